The normalized spacial score (nSPS) is 16.3. The maximum absolute atomic E-state index is 12.5. The van der Waals surface area contributed by atoms with E-state index in [1.165, 1.54) is 0 Å². The fourth-order valence-corrected chi connectivity index (χ4v) is 2.86. The van der Waals surface area contributed by atoms with Gasteiger partial charge in [0.15, 0.2) is 0 Å². The van der Waals surface area contributed by atoms with E-state index >= 15 is 0 Å². The summed E-state index contributed by atoms with van der Waals surface area (Å²) in [6, 6.07) is 14.1. The third-order valence-corrected chi connectivity index (χ3v) is 4.64. The first kappa shape index (κ1) is 20.9. The minimum atomic E-state index is -0.493. The minimum Gasteiger partial charge on any atom is -0.491 e. The molecule has 1 fully saturated rings. The van der Waals surface area contributed by atoms with E-state index in [0.29, 0.717) is 29.3 Å². The Balaban J connectivity index is 1.57. The fourth-order valence-electron chi connectivity index (χ4n) is 2.86. The van der Waals surface area contributed by atoms with Gasteiger partial charge in [-0.15, -0.1) is 0 Å². The lowest BCUT2D eigenvalue weighted by Gasteiger charge is -2.18. The highest BCUT2D eigenvalue weighted by atomic mass is 16.5. The lowest BCUT2D eigenvalue weighted by molar-refractivity contribution is -0.123. The number of nitrogens with one attached hydrogen (secondary N) is 2. The van der Waals surface area contributed by atoms with Crippen LogP contribution in [-0.2, 0) is 9.53 Å². The Morgan fingerprint density at radius 1 is 1.07 bits per heavy atom. The summed E-state index contributed by atoms with van der Waals surface area (Å²) in [7, 11) is 0. The number of anilines is 2. The van der Waals surface area contributed by atoms with Gasteiger partial charge in [0.05, 0.1) is 6.10 Å². The lowest BCUT2D eigenvalue weighted by atomic mass is 9.95. The van der Waals surface area contributed by atoms with Crippen LogP contribution >= 0.6 is 0 Å². The summed E-state index contributed by atoms with van der Waals surface area (Å²) in [6.45, 7) is 6.87. The van der Waals surface area contributed by atoms with Crippen LogP contribution in [0.3, 0.4) is 0 Å². The molecule has 2 aromatic carbocycles. The molecular formula is C23H28N2O4. The highest BCUT2D eigenvalue weighted by molar-refractivity contribution is 6.04. The zero-order chi connectivity index (χ0) is 20.9. The van der Waals surface area contributed by atoms with Crippen LogP contribution in [0.5, 0.6) is 5.75 Å². The van der Waals surface area contributed by atoms with Crippen molar-refractivity contribution in [2.75, 3.05) is 23.8 Å². The first-order chi connectivity index (χ1) is 13.8. The molecule has 2 aromatic rings. The van der Waals surface area contributed by atoms with Crippen molar-refractivity contribution >= 4 is 23.2 Å². The Morgan fingerprint density at radius 3 is 2.38 bits per heavy atom. The van der Waals surface area contributed by atoms with Gasteiger partial charge in [0, 0.05) is 29.0 Å². The summed E-state index contributed by atoms with van der Waals surface area (Å²) in [5, 5.41) is 5.72. The van der Waals surface area contributed by atoms with Crippen LogP contribution in [-0.4, -0.2) is 31.1 Å². The molecular weight excluding hydrogens is 368 g/mol. The van der Waals surface area contributed by atoms with Crippen LogP contribution in [0.2, 0.25) is 0 Å². The highest BCUT2D eigenvalue weighted by Gasteiger charge is 2.21. The molecule has 0 bridgehead atoms. The van der Waals surface area contributed by atoms with Gasteiger partial charge in [-0.2, -0.15) is 0 Å². The molecule has 0 spiro atoms. The molecule has 0 aliphatic carbocycles. The van der Waals surface area contributed by atoms with Gasteiger partial charge >= 0.3 is 0 Å². The summed E-state index contributed by atoms with van der Waals surface area (Å²) in [6.07, 6.45) is 2.26. The van der Waals surface area contributed by atoms with Crippen molar-refractivity contribution in [2.45, 2.75) is 39.7 Å². The second kappa shape index (κ2) is 9.09. The van der Waals surface area contributed by atoms with Crippen molar-refractivity contribution in [3.63, 3.8) is 0 Å². The number of ether oxygens (including phenoxy) is 2. The lowest BCUT2D eigenvalue weighted by Crippen LogP contribution is -2.27. The van der Waals surface area contributed by atoms with E-state index in [2.05, 4.69) is 10.6 Å². The van der Waals surface area contributed by atoms with Crippen molar-refractivity contribution in [3.05, 3.63) is 54.1 Å². The van der Waals surface area contributed by atoms with Crippen molar-refractivity contribution < 1.29 is 19.1 Å². The molecule has 1 aliphatic rings. The number of rotatable bonds is 6. The Bertz CT molecular complexity index is 850. The van der Waals surface area contributed by atoms with Gasteiger partial charge in [0.1, 0.15) is 12.4 Å². The Labute approximate surface area is 171 Å². The molecule has 1 saturated heterocycles. The third-order valence-electron chi connectivity index (χ3n) is 4.64. The summed E-state index contributed by atoms with van der Waals surface area (Å²) in [5.41, 5.74) is 1.28. The first-order valence-electron chi connectivity index (χ1n) is 9.88. The zero-order valence-electron chi connectivity index (χ0n) is 17.2. The van der Waals surface area contributed by atoms with E-state index in [0.717, 1.165) is 19.4 Å². The second-order valence-corrected chi connectivity index (χ2v) is 8.21. The molecule has 0 aromatic heterocycles. The molecule has 29 heavy (non-hydrogen) atoms. The highest BCUT2D eigenvalue weighted by Crippen LogP contribution is 2.21. The van der Waals surface area contributed by atoms with E-state index in [1.54, 1.807) is 48.5 Å². The molecule has 1 aliphatic heterocycles. The quantitative estimate of drug-likeness (QED) is 0.755. The van der Waals surface area contributed by atoms with Gasteiger partial charge in [-0.25, -0.2) is 0 Å². The molecule has 154 valence electrons. The average Bonchev–Trinajstić information content (AvgIpc) is 3.20. The van der Waals surface area contributed by atoms with Crippen molar-refractivity contribution in [1.29, 1.82) is 0 Å². The van der Waals surface area contributed by atoms with E-state index in [-0.39, 0.29) is 17.9 Å². The molecule has 3 rings (SSSR count). The molecule has 2 N–H and O–H groups in total. The van der Waals surface area contributed by atoms with E-state index in [1.807, 2.05) is 20.8 Å². The van der Waals surface area contributed by atoms with Crippen LogP contribution in [0.4, 0.5) is 11.4 Å². The molecule has 2 amide bonds. The number of hydrogen-bond donors (Lipinski definition) is 2. The Morgan fingerprint density at radius 2 is 1.76 bits per heavy atom. The molecule has 6 heteroatoms. The third kappa shape index (κ3) is 6.06. The molecule has 0 saturated carbocycles. The SMILES string of the molecule is CC(C)(C)C(=O)Nc1cccc(NC(=O)c2ccc(OCC3CCCO3)cc2)c1. The maximum Gasteiger partial charge on any atom is 0.255 e. The average molecular weight is 396 g/mol. The van der Waals surface area contributed by atoms with Crippen LogP contribution < -0.4 is 15.4 Å². The van der Waals surface area contributed by atoms with Crippen molar-refractivity contribution in [3.8, 4) is 5.75 Å². The minimum absolute atomic E-state index is 0.0837. The van der Waals surface area contributed by atoms with Crippen LogP contribution in [0.1, 0.15) is 44.0 Å². The first-order valence-corrected chi connectivity index (χ1v) is 9.88. The Hall–Kier alpha value is -2.86. The van der Waals surface area contributed by atoms with Gasteiger partial charge in [-0.05, 0) is 55.3 Å². The van der Waals surface area contributed by atoms with Crippen molar-refractivity contribution in [2.24, 2.45) is 5.41 Å². The number of carbonyl (C=O) groups excluding carboxylic acids is 2. The summed E-state index contributed by atoms with van der Waals surface area (Å²) in [5.74, 6) is 0.401. The number of hydrogen-bond acceptors (Lipinski definition) is 4. The van der Waals surface area contributed by atoms with Gasteiger partial charge in [-0.1, -0.05) is 26.8 Å². The van der Waals surface area contributed by atoms with Gasteiger partial charge in [0.25, 0.3) is 5.91 Å². The molecule has 0 radical (unpaired) electrons. The molecule has 1 atom stereocenters. The summed E-state index contributed by atoms with van der Waals surface area (Å²) < 4.78 is 11.3. The van der Waals surface area contributed by atoms with Crippen LogP contribution in [0, 0.1) is 5.41 Å². The summed E-state index contributed by atoms with van der Waals surface area (Å²) in [4.78, 5) is 24.7. The van der Waals surface area contributed by atoms with Gasteiger partial charge in [-0.3, -0.25) is 9.59 Å². The molecule has 1 unspecified atom stereocenters. The van der Waals surface area contributed by atoms with Crippen LogP contribution in [0.25, 0.3) is 0 Å². The predicted octanol–water partition coefficient (Wildman–Crippen LogP) is 4.48. The predicted molar refractivity (Wildman–Crippen MR) is 113 cm³/mol. The smallest absolute Gasteiger partial charge is 0.255 e. The van der Waals surface area contributed by atoms with E-state index in [9.17, 15) is 9.59 Å². The van der Waals surface area contributed by atoms with E-state index in [4.69, 9.17) is 9.47 Å². The molecule has 6 nitrogen and oxygen atoms in total. The van der Waals surface area contributed by atoms with Gasteiger partial charge in [0.2, 0.25) is 5.91 Å². The topological polar surface area (TPSA) is 76.7 Å². The number of carbonyl (C=O) groups is 2. The van der Waals surface area contributed by atoms with E-state index < -0.39 is 5.41 Å². The molecule has 1 heterocycles. The fraction of sp³-hybridized carbons (Fsp3) is 0.391. The zero-order valence-corrected chi connectivity index (χ0v) is 17.2. The Kier molecular flexibility index (Phi) is 6.54. The largest absolute Gasteiger partial charge is 0.491 e. The van der Waals surface area contributed by atoms with Crippen molar-refractivity contribution in [1.82, 2.24) is 0 Å². The van der Waals surface area contributed by atoms with Gasteiger partial charge < -0.3 is 20.1 Å². The number of benzene rings is 2. The summed E-state index contributed by atoms with van der Waals surface area (Å²) >= 11 is 0. The monoisotopic (exact) mass is 396 g/mol. The van der Waals surface area contributed by atoms with Crippen LogP contribution in [0.15, 0.2) is 48.5 Å². The number of amides is 2. The standard InChI is InChI=1S/C23H28N2O4/c1-23(2,3)22(27)25-18-7-4-6-17(14-18)24-21(26)16-9-11-19(12-10-16)29-15-20-8-5-13-28-20/h4,6-7,9-12,14,20H,5,8,13,15H2,1-3H3,(H,24,26)(H,25,27). The maximum atomic E-state index is 12.5. The second-order valence-electron chi connectivity index (χ2n) is 8.21.